The normalized spacial score (nSPS) is 19.5. The molecule has 1 N–H and O–H groups in total. The molecule has 136 valence electrons. The van der Waals surface area contributed by atoms with E-state index < -0.39 is 5.97 Å². The number of rotatable bonds is 3. The van der Waals surface area contributed by atoms with E-state index in [1.807, 2.05) is 12.1 Å². The summed E-state index contributed by atoms with van der Waals surface area (Å²) in [6.07, 6.45) is 5.90. The van der Waals surface area contributed by atoms with Crippen LogP contribution in [0, 0.1) is 0 Å². The number of carboxylic acid groups (broad SMARTS) is 1. The minimum atomic E-state index is -0.889. The van der Waals surface area contributed by atoms with E-state index >= 15 is 0 Å². The van der Waals surface area contributed by atoms with Gasteiger partial charge in [-0.3, -0.25) is 0 Å². The number of fused-ring (bicyclic) bond motifs is 1. The lowest BCUT2D eigenvalue weighted by Gasteiger charge is -2.27. The minimum Gasteiger partial charge on any atom is -0.478 e. The third kappa shape index (κ3) is 3.75. The largest absolute Gasteiger partial charge is 0.478 e. The zero-order chi connectivity index (χ0) is 18.9. The number of carbonyl (C=O) groups is 1. The second kappa shape index (κ2) is 7.11. The van der Waals surface area contributed by atoms with Gasteiger partial charge in [-0.05, 0) is 71.1 Å². The van der Waals surface area contributed by atoms with E-state index in [9.17, 15) is 4.79 Å². The van der Waals surface area contributed by atoms with Crippen molar-refractivity contribution in [3.63, 3.8) is 0 Å². The first kappa shape index (κ1) is 18.4. The maximum absolute atomic E-state index is 11.0. The summed E-state index contributed by atoms with van der Waals surface area (Å²) in [5.41, 5.74) is 6.97. The Balaban J connectivity index is 1.96. The highest BCUT2D eigenvalue weighted by Gasteiger charge is 2.28. The van der Waals surface area contributed by atoms with Gasteiger partial charge < -0.3 is 5.11 Å². The fourth-order valence-corrected chi connectivity index (χ4v) is 4.01. The summed E-state index contributed by atoms with van der Waals surface area (Å²) in [4.78, 5) is 11.0. The van der Waals surface area contributed by atoms with Gasteiger partial charge in [0, 0.05) is 0 Å². The summed E-state index contributed by atoms with van der Waals surface area (Å²) in [6.45, 7) is 9.18. The number of carboxylic acids is 1. The molecular formula is C24H28O2. The molecule has 0 aliphatic heterocycles. The van der Waals surface area contributed by atoms with Crippen molar-refractivity contribution in [2.75, 3.05) is 0 Å². The highest BCUT2D eigenvalue weighted by atomic mass is 16.4. The van der Waals surface area contributed by atoms with Crippen LogP contribution < -0.4 is 0 Å². The quantitative estimate of drug-likeness (QED) is 0.507. The third-order valence-corrected chi connectivity index (χ3v) is 5.75. The van der Waals surface area contributed by atoms with E-state index in [0.29, 0.717) is 11.5 Å². The molecule has 1 aliphatic rings. The van der Waals surface area contributed by atoms with Crippen LogP contribution >= 0.6 is 0 Å². The van der Waals surface area contributed by atoms with Gasteiger partial charge in [0.25, 0.3) is 0 Å². The second-order valence-corrected chi connectivity index (χ2v) is 8.23. The molecule has 2 heteroatoms. The SMILES string of the molecule is C/C(=C\c1ccc(C(=O)O)cc1)c1ccc2c(c1)C(C)(C)CCCC2C. The zero-order valence-electron chi connectivity index (χ0n) is 16.2. The molecule has 2 aromatic rings. The topological polar surface area (TPSA) is 37.3 Å². The molecule has 0 amide bonds. The van der Waals surface area contributed by atoms with E-state index in [-0.39, 0.29) is 5.41 Å². The smallest absolute Gasteiger partial charge is 0.335 e. The number of aromatic carboxylic acids is 1. The predicted molar refractivity (Wildman–Crippen MR) is 109 cm³/mol. The van der Waals surface area contributed by atoms with Gasteiger partial charge in [-0.25, -0.2) is 4.79 Å². The third-order valence-electron chi connectivity index (χ3n) is 5.75. The van der Waals surface area contributed by atoms with Crippen molar-refractivity contribution >= 4 is 17.6 Å². The second-order valence-electron chi connectivity index (χ2n) is 8.23. The van der Waals surface area contributed by atoms with Gasteiger partial charge in [-0.2, -0.15) is 0 Å². The summed E-state index contributed by atoms with van der Waals surface area (Å²) in [5.74, 6) is -0.270. The lowest BCUT2D eigenvalue weighted by atomic mass is 9.78. The molecule has 2 nitrogen and oxygen atoms in total. The van der Waals surface area contributed by atoms with E-state index in [2.05, 4.69) is 52.0 Å². The molecule has 0 saturated heterocycles. The molecule has 0 aromatic heterocycles. The average Bonchev–Trinajstić information content (AvgIpc) is 2.71. The molecule has 26 heavy (non-hydrogen) atoms. The van der Waals surface area contributed by atoms with Crippen molar-refractivity contribution in [3.8, 4) is 0 Å². The number of hydrogen-bond acceptors (Lipinski definition) is 1. The van der Waals surface area contributed by atoms with E-state index in [4.69, 9.17) is 5.11 Å². The van der Waals surface area contributed by atoms with E-state index in [1.165, 1.54) is 41.5 Å². The monoisotopic (exact) mass is 348 g/mol. The van der Waals surface area contributed by atoms with Crippen LogP contribution in [0.4, 0.5) is 0 Å². The van der Waals surface area contributed by atoms with Crippen LogP contribution in [0.3, 0.4) is 0 Å². The van der Waals surface area contributed by atoms with Gasteiger partial charge in [0.15, 0.2) is 0 Å². The highest BCUT2D eigenvalue weighted by molar-refractivity contribution is 5.88. The van der Waals surface area contributed by atoms with Crippen molar-refractivity contribution < 1.29 is 9.90 Å². The Bertz CT molecular complexity index is 841. The predicted octanol–water partition coefficient (Wildman–Crippen LogP) is 6.51. The van der Waals surface area contributed by atoms with Crippen LogP contribution in [0.25, 0.3) is 11.6 Å². The van der Waals surface area contributed by atoms with Crippen molar-refractivity contribution in [1.29, 1.82) is 0 Å². The van der Waals surface area contributed by atoms with Gasteiger partial charge in [-0.1, -0.05) is 63.6 Å². The Labute approximate surface area is 156 Å². The molecule has 1 aliphatic carbocycles. The average molecular weight is 348 g/mol. The van der Waals surface area contributed by atoms with Gasteiger partial charge >= 0.3 is 5.97 Å². The fourth-order valence-electron chi connectivity index (χ4n) is 4.01. The van der Waals surface area contributed by atoms with Crippen LogP contribution in [-0.2, 0) is 5.41 Å². The Kier molecular flexibility index (Phi) is 5.04. The Morgan fingerprint density at radius 2 is 1.77 bits per heavy atom. The van der Waals surface area contributed by atoms with Crippen LogP contribution in [-0.4, -0.2) is 11.1 Å². The van der Waals surface area contributed by atoms with Gasteiger partial charge in [-0.15, -0.1) is 0 Å². The summed E-state index contributed by atoms with van der Waals surface area (Å²) in [7, 11) is 0. The standard InChI is InChI=1S/C24H28O2/c1-16-6-5-13-24(3,4)22-15-20(11-12-21(16)22)17(2)14-18-7-9-19(10-8-18)23(25)26/h7-12,14-16H,5-6,13H2,1-4H3,(H,25,26)/b17-14+. The summed E-state index contributed by atoms with van der Waals surface area (Å²) in [6, 6.07) is 14.0. The van der Waals surface area contributed by atoms with Crippen LogP contribution in [0.5, 0.6) is 0 Å². The van der Waals surface area contributed by atoms with Crippen LogP contribution in [0.2, 0.25) is 0 Å². The molecule has 0 spiro atoms. The molecule has 0 heterocycles. The molecule has 2 aromatic carbocycles. The van der Waals surface area contributed by atoms with E-state index in [0.717, 1.165) is 5.56 Å². The molecule has 3 rings (SSSR count). The molecule has 1 unspecified atom stereocenters. The fraction of sp³-hybridized carbons (Fsp3) is 0.375. The van der Waals surface area contributed by atoms with Gasteiger partial charge in [0.2, 0.25) is 0 Å². The first-order valence-corrected chi connectivity index (χ1v) is 9.44. The lowest BCUT2D eigenvalue weighted by Crippen LogP contribution is -2.17. The Morgan fingerprint density at radius 3 is 2.42 bits per heavy atom. The minimum absolute atomic E-state index is 0.208. The maximum atomic E-state index is 11.0. The highest BCUT2D eigenvalue weighted by Crippen LogP contribution is 2.41. The number of hydrogen-bond donors (Lipinski definition) is 1. The van der Waals surface area contributed by atoms with Crippen molar-refractivity contribution in [1.82, 2.24) is 0 Å². The first-order chi connectivity index (χ1) is 12.3. The van der Waals surface area contributed by atoms with Crippen LogP contribution in [0.1, 0.15) is 85.5 Å². The van der Waals surface area contributed by atoms with Crippen molar-refractivity contribution in [2.24, 2.45) is 0 Å². The number of benzene rings is 2. The van der Waals surface area contributed by atoms with Gasteiger partial charge in [0.1, 0.15) is 0 Å². The Hall–Kier alpha value is -2.35. The lowest BCUT2D eigenvalue weighted by molar-refractivity contribution is 0.0697. The molecule has 0 radical (unpaired) electrons. The zero-order valence-corrected chi connectivity index (χ0v) is 16.2. The summed E-state index contributed by atoms with van der Waals surface area (Å²) < 4.78 is 0. The van der Waals surface area contributed by atoms with Crippen LogP contribution in [0.15, 0.2) is 42.5 Å². The maximum Gasteiger partial charge on any atom is 0.335 e. The Morgan fingerprint density at radius 1 is 1.12 bits per heavy atom. The van der Waals surface area contributed by atoms with E-state index in [1.54, 1.807) is 12.1 Å². The van der Waals surface area contributed by atoms with Gasteiger partial charge in [0.05, 0.1) is 5.56 Å². The summed E-state index contributed by atoms with van der Waals surface area (Å²) in [5, 5.41) is 9.03. The first-order valence-electron chi connectivity index (χ1n) is 9.44. The molecule has 1 atom stereocenters. The number of allylic oxidation sites excluding steroid dienone is 1. The molecule has 0 saturated carbocycles. The summed E-state index contributed by atoms with van der Waals surface area (Å²) >= 11 is 0. The van der Waals surface area contributed by atoms with Crippen molar-refractivity contribution in [3.05, 3.63) is 70.3 Å². The van der Waals surface area contributed by atoms with Crippen molar-refractivity contribution in [2.45, 2.75) is 58.3 Å². The molecule has 0 fully saturated rings. The molecular weight excluding hydrogens is 320 g/mol. The molecule has 0 bridgehead atoms.